The second-order valence-corrected chi connectivity index (χ2v) is 6.93. The van der Waals surface area contributed by atoms with Crippen LogP contribution in [-0.2, 0) is 6.42 Å². The molecule has 27 heavy (non-hydrogen) atoms. The lowest BCUT2D eigenvalue weighted by molar-refractivity contribution is 0.174. The van der Waals surface area contributed by atoms with Gasteiger partial charge in [0.1, 0.15) is 0 Å². The molecule has 0 amide bonds. The third kappa shape index (κ3) is 3.14. The molecule has 2 aliphatic rings. The molecule has 0 fully saturated rings. The molecule has 0 bridgehead atoms. The zero-order chi connectivity index (χ0) is 19.0. The van der Waals surface area contributed by atoms with Crippen molar-refractivity contribution in [1.29, 1.82) is 0 Å². The van der Waals surface area contributed by atoms with Gasteiger partial charge >= 0.3 is 0 Å². The maximum Gasteiger partial charge on any atom is 0.231 e. The summed E-state index contributed by atoms with van der Waals surface area (Å²) in [5, 5.41) is 0. The quantitative estimate of drug-likeness (QED) is 0.823. The Kier molecular flexibility index (Phi) is 4.74. The van der Waals surface area contributed by atoms with E-state index in [0.29, 0.717) is 17.2 Å². The summed E-state index contributed by atoms with van der Waals surface area (Å²) in [6.45, 7) is 2.17. The summed E-state index contributed by atoms with van der Waals surface area (Å²) in [7, 11) is 7.06. The van der Waals surface area contributed by atoms with Crippen LogP contribution >= 0.6 is 0 Å². The Labute approximate surface area is 159 Å². The number of fused-ring (bicyclic) bond motifs is 2. The molecule has 2 heterocycles. The fourth-order valence-corrected chi connectivity index (χ4v) is 3.94. The van der Waals surface area contributed by atoms with Crippen molar-refractivity contribution in [3.63, 3.8) is 0 Å². The van der Waals surface area contributed by atoms with Gasteiger partial charge in [-0.25, -0.2) is 0 Å². The molecule has 0 N–H and O–H groups in total. The highest BCUT2D eigenvalue weighted by Crippen LogP contribution is 2.44. The minimum Gasteiger partial charge on any atom is -0.493 e. The first-order valence-corrected chi connectivity index (χ1v) is 9.05. The predicted molar refractivity (Wildman–Crippen MR) is 102 cm³/mol. The highest BCUT2D eigenvalue weighted by molar-refractivity contribution is 5.58. The number of ether oxygens (including phenoxy) is 5. The van der Waals surface area contributed by atoms with Gasteiger partial charge in [-0.3, -0.25) is 0 Å². The molecule has 6 heteroatoms. The summed E-state index contributed by atoms with van der Waals surface area (Å²) in [5.74, 6) is 3.76. The number of benzene rings is 2. The molecule has 2 aromatic carbocycles. The van der Waals surface area contributed by atoms with E-state index in [-0.39, 0.29) is 12.7 Å². The van der Waals surface area contributed by atoms with Crippen molar-refractivity contribution in [2.75, 3.05) is 48.3 Å². The van der Waals surface area contributed by atoms with Gasteiger partial charge in [-0.2, -0.15) is 0 Å². The smallest absolute Gasteiger partial charge is 0.231 e. The molecule has 6 nitrogen and oxygen atoms in total. The van der Waals surface area contributed by atoms with E-state index in [1.54, 1.807) is 21.3 Å². The maximum atomic E-state index is 5.64. The van der Waals surface area contributed by atoms with Crippen LogP contribution < -0.4 is 23.7 Å². The minimum absolute atomic E-state index is 0.163. The van der Waals surface area contributed by atoms with E-state index in [0.717, 1.165) is 36.6 Å². The molecule has 1 atom stereocenters. The van der Waals surface area contributed by atoms with Gasteiger partial charge < -0.3 is 28.6 Å². The van der Waals surface area contributed by atoms with Gasteiger partial charge in [-0.1, -0.05) is 0 Å². The fourth-order valence-electron chi connectivity index (χ4n) is 3.94. The summed E-state index contributed by atoms with van der Waals surface area (Å²) in [4.78, 5) is 2.35. The summed E-state index contributed by atoms with van der Waals surface area (Å²) in [5.41, 5.74) is 3.68. The van der Waals surface area contributed by atoms with Gasteiger partial charge in [-0.15, -0.1) is 0 Å². The lowest BCUT2D eigenvalue weighted by Crippen LogP contribution is -2.24. The molecule has 0 spiro atoms. The molecular formula is C21H25NO5. The molecule has 0 aliphatic carbocycles. The highest BCUT2D eigenvalue weighted by Gasteiger charge is 2.28. The van der Waals surface area contributed by atoms with Crippen LogP contribution in [0, 0.1) is 0 Å². The van der Waals surface area contributed by atoms with E-state index < -0.39 is 0 Å². The lowest BCUT2D eigenvalue weighted by atomic mass is 9.87. The minimum atomic E-state index is 0.163. The number of hydrogen-bond donors (Lipinski definition) is 0. The average molecular weight is 371 g/mol. The molecule has 2 aliphatic heterocycles. The van der Waals surface area contributed by atoms with Crippen molar-refractivity contribution >= 4 is 0 Å². The predicted octanol–water partition coefficient (Wildman–Crippen LogP) is 3.06. The van der Waals surface area contributed by atoms with Gasteiger partial charge in [0.25, 0.3) is 0 Å². The van der Waals surface area contributed by atoms with Crippen LogP contribution in [-0.4, -0.2) is 53.2 Å². The van der Waals surface area contributed by atoms with Crippen molar-refractivity contribution in [2.45, 2.75) is 12.3 Å². The standard InChI is InChI=1S/C21H25NO5/c1-22-6-5-13-7-17-18(27-12-26-17)10-15(13)16(11-22)14-8-19(23-2)21(25-4)20(9-14)24-3/h7-10,16H,5-6,11-12H2,1-4H3. The Bertz CT molecular complexity index is 826. The summed E-state index contributed by atoms with van der Waals surface area (Å²) >= 11 is 0. The Morgan fingerprint density at radius 2 is 1.59 bits per heavy atom. The first-order valence-electron chi connectivity index (χ1n) is 9.05. The van der Waals surface area contributed by atoms with E-state index in [1.165, 1.54) is 11.1 Å². The van der Waals surface area contributed by atoms with Crippen molar-refractivity contribution in [2.24, 2.45) is 0 Å². The maximum absolute atomic E-state index is 5.64. The molecule has 0 saturated carbocycles. The van der Waals surface area contributed by atoms with Crippen LogP contribution in [0.15, 0.2) is 24.3 Å². The second-order valence-electron chi connectivity index (χ2n) is 6.93. The van der Waals surface area contributed by atoms with Gasteiger partial charge in [0.15, 0.2) is 23.0 Å². The summed E-state index contributed by atoms with van der Waals surface area (Å²) in [6.07, 6.45) is 0.976. The van der Waals surface area contributed by atoms with E-state index in [1.807, 2.05) is 12.1 Å². The Morgan fingerprint density at radius 1 is 0.926 bits per heavy atom. The van der Waals surface area contributed by atoms with Gasteiger partial charge in [0.05, 0.1) is 21.3 Å². The van der Waals surface area contributed by atoms with E-state index in [9.17, 15) is 0 Å². The molecule has 2 aromatic rings. The number of methoxy groups -OCH3 is 3. The Hall–Kier alpha value is -2.60. The van der Waals surface area contributed by atoms with Crippen molar-refractivity contribution in [3.8, 4) is 28.7 Å². The lowest BCUT2D eigenvalue weighted by Gasteiger charge is -2.24. The van der Waals surface area contributed by atoms with E-state index >= 15 is 0 Å². The molecule has 0 radical (unpaired) electrons. The van der Waals surface area contributed by atoms with Crippen molar-refractivity contribution < 1.29 is 23.7 Å². The molecule has 144 valence electrons. The van der Waals surface area contributed by atoms with Crippen LogP contribution in [0.5, 0.6) is 28.7 Å². The number of hydrogen-bond acceptors (Lipinski definition) is 6. The molecular weight excluding hydrogens is 346 g/mol. The first-order chi connectivity index (χ1) is 13.1. The topological polar surface area (TPSA) is 49.4 Å². The van der Waals surface area contributed by atoms with Crippen LogP contribution in [0.25, 0.3) is 0 Å². The summed E-state index contributed by atoms with van der Waals surface area (Å²) < 4.78 is 27.8. The summed E-state index contributed by atoms with van der Waals surface area (Å²) in [6, 6.07) is 8.34. The average Bonchev–Trinajstić information content (AvgIpc) is 3.09. The van der Waals surface area contributed by atoms with Gasteiger partial charge in [-0.05, 0) is 54.4 Å². The third-order valence-electron chi connectivity index (χ3n) is 5.36. The van der Waals surface area contributed by atoms with Gasteiger partial charge in [0, 0.05) is 19.0 Å². The zero-order valence-electron chi connectivity index (χ0n) is 16.2. The van der Waals surface area contributed by atoms with Crippen LogP contribution in [0.1, 0.15) is 22.6 Å². The molecule has 4 rings (SSSR count). The van der Waals surface area contributed by atoms with Crippen molar-refractivity contribution in [3.05, 3.63) is 41.0 Å². The molecule has 0 saturated heterocycles. The Balaban J connectivity index is 1.86. The van der Waals surface area contributed by atoms with Crippen molar-refractivity contribution in [1.82, 2.24) is 4.90 Å². The number of likely N-dealkylation sites (N-methyl/N-ethyl adjacent to an activating group) is 1. The third-order valence-corrected chi connectivity index (χ3v) is 5.36. The first kappa shape index (κ1) is 17.8. The zero-order valence-corrected chi connectivity index (χ0v) is 16.2. The monoisotopic (exact) mass is 371 g/mol. The molecule has 0 aromatic heterocycles. The van der Waals surface area contributed by atoms with Gasteiger partial charge in [0.2, 0.25) is 12.5 Å². The number of nitrogens with zero attached hydrogens (tertiary/aromatic N) is 1. The van der Waals surface area contributed by atoms with Crippen LogP contribution in [0.4, 0.5) is 0 Å². The highest BCUT2D eigenvalue weighted by atomic mass is 16.7. The van der Waals surface area contributed by atoms with E-state index in [4.69, 9.17) is 23.7 Å². The normalized spacial score (nSPS) is 18.6. The largest absolute Gasteiger partial charge is 0.493 e. The molecule has 1 unspecified atom stereocenters. The van der Waals surface area contributed by atoms with Crippen LogP contribution in [0.2, 0.25) is 0 Å². The SMILES string of the molecule is COc1cc(C2CN(C)CCc3cc4c(cc32)OCO4)cc(OC)c1OC. The van der Waals surface area contributed by atoms with E-state index in [2.05, 4.69) is 24.1 Å². The Morgan fingerprint density at radius 3 is 2.22 bits per heavy atom. The van der Waals surface area contributed by atoms with Crippen LogP contribution in [0.3, 0.4) is 0 Å². The second kappa shape index (κ2) is 7.19. The number of rotatable bonds is 4. The fraction of sp³-hybridized carbons (Fsp3) is 0.429.